The summed E-state index contributed by atoms with van der Waals surface area (Å²) >= 11 is 0. The number of halogens is 2. The number of nitriles is 1. The Kier molecular flexibility index (Phi) is 5.08. The van der Waals surface area contributed by atoms with Crippen LogP contribution in [0.1, 0.15) is 30.0 Å². The van der Waals surface area contributed by atoms with Gasteiger partial charge in [0.25, 0.3) is 12.1 Å². The minimum absolute atomic E-state index is 0.0120. The predicted octanol–water partition coefficient (Wildman–Crippen LogP) is 2.51. The molecule has 0 heterocycles. The van der Waals surface area contributed by atoms with Crippen molar-refractivity contribution in [3.8, 4) is 6.07 Å². The van der Waals surface area contributed by atoms with Crippen molar-refractivity contribution < 1.29 is 23.2 Å². The van der Waals surface area contributed by atoms with Crippen LogP contribution in [0.25, 0.3) is 0 Å². The quantitative estimate of drug-likeness (QED) is 0.470. The fraction of sp³-hybridized carbons (Fsp3) is 0.333. The van der Waals surface area contributed by atoms with Crippen LogP contribution in [0, 0.1) is 21.4 Å². The van der Waals surface area contributed by atoms with E-state index in [2.05, 4.69) is 4.74 Å². The SMILES string of the molecule is CCOC(=O)Cc1cc([N+](=O)[O-])c(C(F)F)cc1C#N. The Morgan fingerprint density at radius 3 is 2.65 bits per heavy atom. The number of carbonyl (C=O) groups excluding carboxylic acids is 1. The summed E-state index contributed by atoms with van der Waals surface area (Å²) < 4.78 is 30.1. The van der Waals surface area contributed by atoms with Crippen molar-refractivity contribution in [2.24, 2.45) is 0 Å². The molecule has 0 amide bonds. The molecule has 0 fully saturated rings. The molecule has 6 nitrogen and oxygen atoms in total. The fourth-order valence-electron chi connectivity index (χ4n) is 1.60. The third kappa shape index (κ3) is 3.47. The number of benzene rings is 1. The lowest BCUT2D eigenvalue weighted by Crippen LogP contribution is -2.10. The second-order valence-corrected chi connectivity index (χ2v) is 3.72. The number of nitrogens with zero attached hydrogens (tertiary/aromatic N) is 2. The fourth-order valence-corrected chi connectivity index (χ4v) is 1.60. The maximum Gasteiger partial charge on any atom is 0.310 e. The molecule has 1 aromatic rings. The molecular formula is C12H10F2N2O4. The third-order valence-corrected chi connectivity index (χ3v) is 2.44. The minimum atomic E-state index is -3.08. The van der Waals surface area contributed by atoms with Crippen molar-refractivity contribution in [1.29, 1.82) is 5.26 Å². The van der Waals surface area contributed by atoms with Gasteiger partial charge in [0.1, 0.15) is 0 Å². The standard InChI is InChI=1S/C12H10F2N2O4/c1-2-20-11(17)5-7-4-10(16(18)19)9(12(13)14)3-8(7)6-15/h3-4,12H,2,5H2,1H3. The highest BCUT2D eigenvalue weighted by atomic mass is 19.3. The van der Waals surface area contributed by atoms with E-state index < -0.39 is 28.6 Å². The van der Waals surface area contributed by atoms with Gasteiger partial charge in [-0.05, 0) is 18.6 Å². The number of carbonyl (C=O) groups is 1. The summed E-state index contributed by atoms with van der Waals surface area (Å²) in [5.41, 5.74) is -1.89. The Morgan fingerprint density at radius 2 is 2.20 bits per heavy atom. The molecule has 0 aliphatic heterocycles. The maximum absolute atomic E-state index is 12.7. The number of ether oxygens (including phenoxy) is 1. The van der Waals surface area contributed by atoms with Gasteiger partial charge < -0.3 is 4.74 Å². The monoisotopic (exact) mass is 284 g/mol. The molecule has 1 rings (SSSR count). The summed E-state index contributed by atoms with van der Waals surface area (Å²) in [6, 6.07) is 3.19. The Balaban J connectivity index is 3.31. The average molecular weight is 284 g/mol. The van der Waals surface area contributed by atoms with Crippen molar-refractivity contribution in [2.75, 3.05) is 6.61 Å². The molecule has 0 radical (unpaired) electrons. The second-order valence-electron chi connectivity index (χ2n) is 3.72. The van der Waals surface area contributed by atoms with Crippen LogP contribution in [0.5, 0.6) is 0 Å². The molecule has 0 bridgehead atoms. The Morgan fingerprint density at radius 1 is 1.55 bits per heavy atom. The predicted molar refractivity (Wildman–Crippen MR) is 63.1 cm³/mol. The van der Waals surface area contributed by atoms with Gasteiger partial charge in [-0.25, -0.2) is 8.78 Å². The van der Waals surface area contributed by atoms with E-state index in [9.17, 15) is 23.7 Å². The molecular weight excluding hydrogens is 274 g/mol. The highest BCUT2D eigenvalue weighted by Crippen LogP contribution is 2.31. The molecule has 0 aliphatic carbocycles. The molecule has 8 heteroatoms. The van der Waals surface area contributed by atoms with E-state index in [0.717, 1.165) is 12.1 Å². The lowest BCUT2D eigenvalue weighted by atomic mass is 10.0. The highest BCUT2D eigenvalue weighted by molar-refractivity contribution is 5.74. The van der Waals surface area contributed by atoms with Crippen LogP contribution in [-0.4, -0.2) is 17.5 Å². The van der Waals surface area contributed by atoms with Gasteiger partial charge in [0.2, 0.25) is 0 Å². The summed E-state index contributed by atoms with van der Waals surface area (Å²) in [5, 5.41) is 19.6. The molecule has 0 atom stereocenters. The molecule has 0 spiro atoms. The number of rotatable bonds is 5. The lowest BCUT2D eigenvalue weighted by Gasteiger charge is -2.07. The lowest BCUT2D eigenvalue weighted by molar-refractivity contribution is -0.386. The third-order valence-electron chi connectivity index (χ3n) is 2.44. The van der Waals surface area contributed by atoms with Crippen LogP contribution in [-0.2, 0) is 16.0 Å². The van der Waals surface area contributed by atoms with Gasteiger partial charge in [-0.1, -0.05) is 0 Å². The molecule has 1 aromatic carbocycles. The van der Waals surface area contributed by atoms with Crippen molar-refractivity contribution in [3.63, 3.8) is 0 Å². The number of hydrogen-bond acceptors (Lipinski definition) is 5. The molecule has 0 saturated carbocycles. The van der Waals surface area contributed by atoms with E-state index in [0.29, 0.717) is 0 Å². The topological polar surface area (TPSA) is 93.2 Å². The van der Waals surface area contributed by atoms with Crippen LogP contribution in [0.4, 0.5) is 14.5 Å². The Bertz CT molecular complexity index is 582. The highest BCUT2D eigenvalue weighted by Gasteiger charge is 2.25. The number of nitro benzene ring substituents is 1. The van der Waals surface area contributed by atoms with Crippen molar-refractivity contribution in [3.05, 3.63) is 38.9 Å². The second kappa shape index (κ2) is 6.56. The maximum atomic E-state index is 12.7. The normalized spacial score (nSPS) is 10.2. The van der Waals surface area contributed by atoms with E-state index in [-0.39, 0.29) is 24.2 Å². The van der Waals surface area contributed by atoms with Crippen LogP contribution in [0.3, 0.4) is 0 Å². The largest absolute Gasteiger partial charge is 0.466 e. The first kappa shape index (κ1) is 15.5. The minimum Gasteiger partial charge on any atom is -0.466 e. The molecule has 0 unspecified atom stereocenters. The van der Waals surface area contributed by atoms with Crippen LogP contribution < -0.4 is 0 Å². The molecule has 20 heavy (non-hydrogen) atoms. The molecule has 0 saturated heterocycles. The number of alkyl halides is 2. The van der Waals surface area contributed by atoms with E-state index in [1.807, 2.05) is 0 Å². The number of nitro groups is 1. The molecule has 0 N–H and O–H groups in total. The first-order valence-electron chi connectivity index (χ1n) is 5.55. The zero-order valence-electron chi connectivity index (χ0n) is 10.4. The average Bonchev–Trinajstić information content (AvgIpc) is 2.38. The van der Waals surface area contributed by atoms with Crippen molar-refractivity contribution >= 4 is 11.7 Å². The molecule has 0 aliphatic rings. The zero-order chi connectivity index (χ0) is 15.3. The zero-order valence-corrected chi connectivity index (χ0v) is 10.4. The Hall–Kier alpha value is -2.56. The van der Waals surface area contributed by atoms with Gasteiger partial charge in [-0.15, -0.1) is 0 Å². The summed E-state index contributed by atoms with van der Waals surface area (Å²) in [6.45, 7) is 1.68. The van der Waals surface area contributed by atoms with Gasteiger partial charge in [0.15, 0.2) is 0 Å². The molecule has 106 valence electrons. The summed E-state index contributed by atoms with van der Waals surface area (Å²) in [4.78, 5) is 21.1. The first-order valence-corrected chi connectivity index (χ1v) is 5.55. The smallest absolute Gasteiger partial charge is 0.310 e. The van der Waals surface area contributed by atoms with Crippen molar-refractivity contribution in [1.82, 2.24) is 0 Å². The van der Waals surface area contributed by atoms with E-state index in [4.69, 9.17) is 5.26 Å². The van der Waals surface area contributed by atoms with E-state index in [1.165, 1.54) is 0 Å². The van der Waals surface area contributed by atoms with E-state index in [1.54, 1.807) is 13.0 Å². The van der Waals surface area contributed by atoms with Gasteiger partial charge in [0, 0.05) is 6.07 Å². The molecule has 0 aromatic heterocycles. The van der Waals surface area contributed by atoms with Crippen LogP contribution >= 0.6 is 0 Å². The van der Waals surface area contributed by atoms with Gasteiger partial charge >= 0.3 is 5.97 Å². The van der Waals surface area contributed by atoms with Crippen molar-refractivity contribution in [2.45, 2.75) is 19.8 Å². The van der Waals surface area contributed by atoms with E-state index >= 15 is 0 Å². The van der Waals surface area contributed by atoms with Crippen LogP contribution in [0.15, 0.2) is 12.1 Å². The van der Waals surface area contributed by atoms with Gasteiger partial charge in [-0.3, -0.25) is 14.9 Å². The first-order chi connectivity index (χ1) is 9.40. The number of esters is 1. The van der Waals surface area contributed by atoms with Gasteiger partial charge in [-0.2, -0.15) is 5.26 Å². The number of hydrogen-bond donors (Lipinski definition) is 0. The summed E-state index contributed by atoms with van der Waals surface area (Å²) in [6.07, 6.45) is -3.47. The van der Waals surface area contributed by atoms with Crippen LogP contribution in [0.2, 0.25) is 0 Å². The summed E-state index contributed by atoms with van der Waals surface area (Å²) in [7, 11) is 0. The van der Waals surface area contributed by atoms with Gasteiger partial charge in [0.05, 0.1) is 35.1 Å². The summed E-state index contributed by atoms with van der Waals surface area (Å²) in [5.74, 6) is -0.692. The Labute approximate surface area is 112 Å².